The minimum atomic E-state index is -0.738. The Balaban J connectivity index is 1.88. The van der Waals surface area contributed by atoms with Crippen LogP contribution in [0.5, 0.6) is 0 Å². The molecule has 1 aromatic carbocycles. The summed E-state index contributed by atoms with van der Waals surface area (Å²) in [6.45, 7) is 7.00. The maximum absolute atomic E-state index is 13.3. The zero-order valence-electron chi connectivity index (χ0n) is 16.3. The molecule has 1 heterocycles. The first kappa shape index (κ1) is 19.8. The third-order valence-corrected chi connectivity index (χ3v) is 5.61. The van der Waals surface area contributed by atoms with Crippen molar-refractivity contribution in [1.82, 2.24) is 10.2 Å². The lowest BCUT2D eigenvalue weighted by molar-refractivity contribution is -0.128. The maximum atomic E-state index is 13.3. The second-order valence-corrected chi connectivity index (χ2v) is 8.28. The van der Waals surface area contributed by atoms with Crippen molar-refractivity contribution >= 4 is 11.8 Å². The van der Waals surface area contributed by atoms with Gasteiger partial charge in [0.2, 0.25) is 5.91 Å². The molecule has 27 heavy (non-hydrogen) atoms. The fraction of sp³-hybridized carbons (Fsp3) is 0.619. The summed E-state index contributed by atoms with van der Waals surface area (Å²) in [5.41, 5.74) is -0.362. The summed E-state index contributed by atoms with van der Waals surface area (Å²) in [7, 11) is 0. The first-order chi connectivity index (χ1) is 12.8. The van der Waals surface area contributed by atoms with E-state index in [0.717, 1.165) is 25.7 Å². The SMILES string of the molecule is CC(C)CNC(=O)[C@@H]1COC2(CCC(C)CC2)N1C(=O)c1ccc(F)cc1. The molecule has 148 valence electrons. The van der Waals surface area contributed by atoms with Gasteiger partial charge in [0.25, 0.3) is 5.91 Å². The molecular formula is C21H29FN2O3. The van der Waals surface area contributed by atoms with E-state index in [1.54, 1.807) is 4.90 Å². The van der Waals surface area contributed by atoms with E-state index >= 15 is 0 Å². The molecule has 0 bridgehead atoms. The number of carbonyl (C=O) groups excluding carboxylic acids is 2. The number of hydrogen-bond acceptors (Lipinski definition) is 3. The summed E-state index contributed by atoms with van der Waals surface area (Å²) < 4.78 is 19.4. The number of amides is 2. The smallest absolute Gasteiger partial charge is 0.256 e. The largest absolute Gasteiger partial charge is 0.354 e. The molecule has 1 aromatic rings. The highest BCUT2D eigenvalue weighted by Crippen LogP contribution is 2.43. The lowest BCUT2D eigenvalue weighted by Crippen LogP contribution is -2.57. The Morgan fingerprint density at radius 2 is 1.89 bits per heavy atom. The van der Waals surface area contributed by atoms with Crippen molar-refractivity contribution in [3.63, 3.8) is 0 Å². The van der Waals surface area contributed by atoms with Crippen LogP contribution in [0.25, 0.3) is 0 Å². The molecule has 2 amide bonds. The van der Waals surface area contributed by atoms with Crippen LogP contribution in [0.2, 0.25) is 0 Å². The molecule has 1 spiro atoms. The number of carbonyl (C=O) groups is 2. The number of hydrogen-bond donors (Lipinski definition) is 1. The van der Waals surface area contributed by atoms with Crippen LogP contribution in [0.3, 0.4) is 0 Å². The molecule has 5 nitrogen and oxygen atoms in total. The quantitative estimate of drug-likeness (QED) is 0.877. The zero-order valence-corrected chi connectivity index (χ0v) is 16.3. The monoisotopic (exact) mass is 376 g/mol. The maximum Gasteiger partial charge on any atom is 0.256 e. The second-order valence-electron chi connectivity index (χ2n) is 8.28. The van der Waals surface area contributed by atoms with Gasteiger partial charge in [0.15, 0.2) is 0 Å². The minimum Gasteiger partial charge on any atom is -0.354 e. The van der Waals surface area contributed by atoms with E-state index in [2.05, 4.69) is 12.2 Å². The van der Waals surface area contributed by atoms with Crippen LogP contribution >= 0.6 is 0 Å². The molecule has 1 saturated heterocycles. The van der Waals surface area contributed by atoms with Gasteiger partial charge in [-0.05, 0) is 61.8 Å². The van der Waals surface area contributed by atoms with Crippen LogP contribution in [0.1, 0.15) is 56.8 Å². The molecule has 1 aliphatic carbocycles. The molecular weight excluding hydrogens is 347 g/mol. The Bertz CT molecular complexity index is 681. The molecule has 0 unspecified atom stereocenters. The summed E-state index contributed by atoms with van der Waals surface area (Å²) in [6, 6.07) is 4.83. The minimum absolute atomic E-state index is 0.186. The van der Waals surface area contributed by atoms with Gasteiger partial charge in [-0.15, -0.1) is 0 Å². The lowest BCUT2D eigenvalue weighted by Gasteiger charge is -2.43. The van der Waals surface area contributed by atoms with Crippen LogP contribution in [-0.4, -0.2) is 41.6 Å². The average Bonchev–Trinajstić information content (AvgIpc) is 3.01. The number of nitrogens with one attached hydrogen (secondary N) is 1. The molecule has 2 aliphatic rings. The van der Waals surface area contributed by atoms with Gasteiger partial charge in [-0.25, -0.2) is 4.39 Å². The molecule has 0 aromatic heterocycles. The van der Waals surface area contributed by atoms with Gasteiger partial charge in [-0.3, -0.25) is 14.5 Å². The first-order valence-electron chi connectivity index (χ1n) is 9.83. The Hall–Kier alpha value is -1.95. The molecule has 6 heteroatoms. The van der Waals surface area contributed by atoms with Crippen molar-refractivity contribution in [2.24, 2.45) is 11.8 Å². The Morgan fingerprint density at radius 3 is 2.48 bits per heavy atom. The summed E-state index contributed by atoms with van der Waals surface area (Å²) in [5, 5.41) is 2.93. The predicted molar refractivity (Wildman–Crippen MR) is 101 cm³/mol. The van der Waals surface area contributed by atoms with E-state index < -0.39 is 17.6 Å². The van der Waals surface area contributed by atoms with Crippen LogP contribution in [0.4, 0.5) is 4.39 Å². The van der Waals surface area contributed by atoms with Gasteiger partial charge in [-0.2, -0.15) is 0 Å². The number of nitrogens with zero attached hydrogens (tertiary/aromatic N) is 1. The Labute approximate surface area is 160 Å². The van der Waals surface area contributed by atoms with Gasteiger partial charge in [0.1, 0.15) is 17.6 Å². The topological polar surface area (TPSA) is 58.6 Å². The molecule has 1 atom stereocenters. The van der Waals surface area contributed by atoms with E-state index in [4.69, 9.17) is 4.74 Å². The molecule has 1 aliphatic heterocycles. The number of benzene rings is 1. The van der Waals surface area contributed by atoms with E-state index in [1.807, 2.05) is 13.8 Å². The average molecular weight is 376 g/mol. The number of rotatable bonds is 4. The predicted octanol–water partition coefficient (Wildman–Crippen LogP) is 3.35. The van der Waals surface area contributed by atoms with Crippen molar-refractivity contribution in [2.45, 2.75) is 58.2 Å². The second kappa shape index (κ2) is 7.97. The Morgan fingerprint density at radius 1 is 1.26 bits per heavy atom. The first-order valence-corrected chi connectivity index (χ1v) is 9.83. The van der Waals surface area contributed by atoms with Gasteiger partial charge in [-0.1, -0.05) is 20.8 Å². The van der Waals surface area contributed by atoms with Crippen LogP contribution in [0.15, 0.2) is 24.3 Å². The summed E-state index contributed by atoms with van der Waals surface area (Å²) in [6.07, 6.45) is 3.34. The number of halogens is 1. The van der Waals surface area contributed by atoms with Crippen LogP contribution < -0.4 is 5.32 Å². The molecule has 2 fully saturated rings. The van der Waals surface area contributed by atoms with Gasteiger partial charge < -0.3 is 10.1 Å². The summed E-state index contributed by atoms with van der Waals surface area (Å²) in [4.78, 5) is 27.7. The zero-order chi connectivity index (χ0) is 19.6. The normalized spacial score (nSPS) is 28.0. The van der Waals surface area contributed by atoms with Crippen LogP contribution in [0, 0.1) is 17.7 Å². The standard InChI is InChI=1S/C21H29FN2O3/c1-14(2)12-23-19(25)18-13-27-21(10-8-15(3)9-11-21)24(18)20(26)16-4-6-17(22)7-5-16/h4-7,14-15,18H,8-13H2,1-3H3,(H,23,25)/t15?,18-,21?/m0/s1. The van der Waals surface area contributed by atoms with Crippen LogP contribution in [-0.2, 0) is 9.53 Å². The summed E-state index contributed by atoms with van der Waals surface area (Å²) in [5.74, 6) is 0.0517. The van der Waals surface area contributed by atoms with E-state index in [1.165, 1.54) is 24.3 Å². The van der Waals surface area contributed by atoms with Crippen molar-refractivity contribution < 1.29 is 18.7 Å². The summed E-state index contributed by atoms with van der Waals surface area (Å²) >= 11 is 0. The van der Waals surface area contributed by atoms with Gasteiger partial charge in [0.05, 0.1) is 6.61 Å². The van der Waals surface area contributed by atoms with E-state index in [0.29, 0.717) is 23.9 Å². The molecule has 1 saturated carbocycles. The van der Waals surface area contributed by atoms with E-state index in [-0.39, 0.29) is 18.4 Å². The van der Waals surface area contributed by atoms with Crippen molar-refractivity contribution in [3.8, 4) is 0 Å². The van der Waals surface area contributed by atoms with Crippen molar-refractivity contribution in [3.05, 3.63) is 35.6 Å². The molecule has 3 rings (SSSR count). The van der Waals surface area contributed by atoms with Gasteiger partial charge in [0, 0.05) is 12.1 Å². The van der Waals surface area contributed by atoms with Crippen molar-refractivity contribution in [1.29, 1.82) is 0 Å². The molecule has 1 N–H and O–H groups in total. The fourth-order valence-electron chi connectivity index (χ4n) is 3.93. The lowest BCUT2D eigenvalue weighted by atomic mass is 9.83. The molecule has 0 radical (unpaired) electrons. The Kier molecular flexibility index (Phi) is 5.84. The van der Waals surface area contributed by atoms with E-state index in [9.17, 15) is 14.0 Å². The van der Waals surface area contributed by atoms with Crippen molar-refractivity contribution in [2.75, 3.05) is 13.2 Å². The highest BCUT2D eigenvalue weighted by molar-refractivity contribution is 5.98. The highest BCUT2D eigenvalue weighted by Gasteiger charge is 2.53. The number of ether oxygens (including phenoxy) is 1. The third kappa shape index (κ3) is 4.15. The third-order valence-electron chi connectivity index (χ3n) is 5.61. The fourth-order valence-corrected chi connectivity index (χ4v) is 3.93. The van der Waals surface area contributed by atoms with Gasteiger partial charge >= 0.3 is 0 Å². The highest BCUT2D eigenvalue weighted by atomic mass is 19.1.